The number of aromatic nitrogens is 1. The van der Waals surface area contributed by atoms with E-state index in [-0.39, 0.29) is 0 Å². The van der Waals surface area contributed by atoms with Gasteiger partial charge in [0, 0.05) is 21.0 Å². The van der Waals surface area contributed by atoms with Crippen molar-refractivity contribution < 1.29 is 9.53 Å². The molecule has 1 heterocycles. The second kappa shape index (κ2) is 7.63. The van der Waals surface area contributed by atoms with Gasteiger partial charge in [0.2, 0.25) is 0 Å². The predicted octanol–water partition coefficient (Wildman–Crippen LogP) is 6.74. The fraction of sp³-hybridized carbons (Fsp3) is 0.0435. The van der Waals surface area contributed by atoms with Gasteiger partial charge in [-0.15, -0.1) is 0 Å². The van der Waals surface area contributed by atoms with Crippen LogP contribution in [0.25, 0.3) is 22.2 Å². The molecular weight excluding hydrogens is 393 g/mol. The maximum Gasteiger partial charge on any atom is 0.344 e. The summed E-state index contributed by atoms with van der Waals surface area (Å²) in [4.78, 5) is 17.7. The summed E-state index contributed by atoms with van der Waals surface area (Å²) in [6.07, 6.45) is 0. The predicted molar refractivity (Wildman–Crippen MR) is 113 cm³/mol. The summed E-state index contributed by atoms with van der Waals surface area (Å²) in [5, 5.41) is 1.97. The fourth-order valence-corrected chi connectivity index (χ4v) is 3.19. The van der Waals surface area contributed by atoms with Gasteiger partial charge in [-0.05, 0) is 61.5 Å². The Hall–Kier alpha value is -2.88. The van der Waals surface area contributed by atoms with E-state index in [2.05, 4.69) is 0 Å². The third kappa shape index (κ3) is 3.86. The van der Waals surface area contributed by atoms with Gasteiger partial charge in [0.1, 0.15) is 5.75 Å². The van der Waals surface area contributed by atoms with Crippen molar-refractivity contribution in [2.75, 3.05) is 0 Å². The average Bonchev–Trinajstić information content (AvgIpc) is 2.69. The van der Waals surface area contributed by atoms with E-state index in [0.717, 1.165) is 22.0 Å². The number of carbonyl (C=O) groups excluding carboxylic acids is 1. The van der Waals surface area contributed by atoms with Crippen LogP contribution in [0.4, 0.5) is 0 Å². The molecule has 0 unspecified atom stereocenters. The molecule has 28 heavy (non-hydrogen) atoms. The Bertz CT molecular complexity index is 1170. The molecule has 0 N–H and O–H groups in total. The summed E-state index contributed by atoms with van der Waals surface area (Å²) in [6.45, 7) is 1.97. The third-order valence-electron chi connectivity index (χ3n) is 4.35. The summed E-state index contributed by atoms with van der Waals surface area (Å²) >= 11 is 11.9. The number of ether oxygens (including phenoxy) is 1. The van der Waals surface area contributed by atoms with Crippen LogP contribution >= 0.6 is 23.2 Å². The van der Waals surface area contributed by atoms with Gasteiger partial charge in [-0.2, -0.15) is 0 Å². The molecule has 3 nitrogen and oxygen atoms in total. The van der Waals surface area contributed by atoms with Gasteiger partial charge in [-0.3, -0.25) is 0 Å². The van der Waals surface area contributed by atoms with Gasteiger partial charge in [-0.25, -0.2) is 9.78 Å². The number of rotatable bonds is 3. The number of pyridine rings is 1. The monoisotopic (exact) mass is 407 g/mol. The third-order valence-corrected chi connectivity index (χ3v) is 4.85. The molecule has 0 saturated heterocycles. The summed E-state index contributed by atoms with van der Waals surface area (Å²) in [5.41, 5.74) is 3.76. The SMILES string of the molecule is Cc1ccc2nc(-c3ccc(Cl)cc3)cc(C(=O)Oc3ccc(Cl)cc3)c2c1. The normalized spacial score (nSPS) is 10.8. The van der Waals surface area contributed by atoms with Crippen molar-refractivity contribution in [3.05, 3.63) is 94.0 Å². The molecule has 0 spiro atoms. The van der Waals surface area contributed by atoms with Crippen molar-refractivity contribution in [1.82, 2.24) is 4.98 Å². The zero-order chi connectivity index (χ0) is 19.7. The number of esters is 1. The highest BCUT2D eigenvalue weighted by Gasteiger charge is 2.16. The molecule has 0 aliphatic rings. The second-order valence-corrected chi connectivity index (χ2v) is 7.30. The lowest BCUT2D eigenvalue weighted by Gasteiger charge is -2.11. The van der Waals surface area contributed by atoms with Gasteiger partial charge in [0.05, 0.1) is 16.8 Å². The van der Waals surface area contributed by atoms with Gasteiger partial charge in [-0.1, -0.05) is 47.0 Å². The molecule has 3 aromatic carbocycles. The molecule has 5 heteroatoms. The van der Waals surface area contributed by atoms with Crippen molar-refractivity contribution in [3.8, 4) is 17.0 Å². The second-order valence-electron chi connectivity index (χ2n) is 6.43. The molecule has 0 radical (unpaired) electrons. The van der Waals surface area contributed by atoms with E-state index in [1.165, 1.54) is 0 Å². The average molecular weight is 408 g/mol. The van der Waals surface area contributed by atoms with Crippen molar-refractivity contribution in [2.45, 2.75) is 6.92 Å². The van der Waals surface area contributed by atoms with E-state index in [0.29, 0.717) is 27.1 Å². The molecule has 0 saturated carbocycles. The van der Waals surface area contributed by atoms with Crippen molar-refractivity contribution in [1.29, 1.82) is 0 Å². The maximum atomic E-state index is 13.0. The van der Waals surface area contributed by atoms with Crippen LogP contribution in [0.1, 0.15) is 15.9 Å². The van der Waals surface area contributed by atoms with Crippen LogP contribution in [0, 0.1) is 6.92 Å². The van der Waals surface area contributed by atoms with Crippen LogP contribution in [-0.4, -0.2) is 11.0 Å². The number of fused-ring (bicyclic) bond motifs is 1. The highest BCUT2D eigenvalue weighted by Crippen LogP contribution is 2.28. The Labute approximate surface area is 172 Å². The molecular formula is C23H15Cl2NO2. The first kappa shape index (κ1) is 18.5. The first-order valence-electron chi connectivity index (χ1n) is 8.65. The number of halogens is 2. The van der Waals surface area contributed by atoms with Crippen LogP contribution in [-0.2, 0) is 0 Å². The molecule has 0 atom stereocenters. The van der Waals surface area contributed by atoms with Crippen molar-refractivity contribution >= 4 is 40.1 Å². The molecule has 0 fully saturated rings. The van der Waals surface area contributed by atoms with Crippen LogP contribution in [0.2, 0.25) is 10.0 Å². The van der Waals surface area contributed by atoms with E-state index >= 15 is 0 Å². The summed E-state index contributed by atoms with van der Waals surface area (Å²) in [5.74, 6) is -0.0180. The van der Waals surface area contributed by atoms with E-state index < -0.39 is 5.97 Å². The van der Waals surface area contributed by atoms with Gasteiger partial charge >= 0.3 is 5.97 Å². The fourth-order valence-electron chi connectivity index (χ4n) is 2.94. The highest BCUT2D eigenvalue weighted by atomic mass is 35.5. The Morgan fingerprint density at radius 1 is 0.857 bits per heavy atom. The number of hydrogen-bond donors (Lipinski definition) is 0. The Balaban J connectivity index is 1.82. The summed E-state index contributed by atoms with van der Waals surface area (Å²) in [6, 6.07) is 21.6. The standard InChI is InChI=1S/C23H15Cl2NO2/c1-14-2-11-21-19(12-14)20(23(27)28-18-9-7-17(25)8-10-18)13-22(26-21)15-3-5-16(24)6-4-15/h2-13H,1H3. The van der Waals surface area contributed by atoms with Crippen molar-refractivity contribution in [2.24, 2.45) is 0 Å². The van der Waals surface area contributed by atoms with E-state index in [4.69, 9.17) is 32.9 Å². The Kier molecular flexibility index (Phi) is 5.03. The molecule has 4 aromatic rings. The summed E-state index contributed by atoms with van der Waals surface area (Å²) < 4.78 is 5.57. The zero-order valence-electron chi connectivity index (χ0n) is 14.9. The minimum absolute atomic E-state index is 0.431. The molecule has 138 valence electrons. The van der Waals surface area contributed by atoms with Crippen LogP contribution in [0.3, 0.4) is 0 Å². The largest absolute Gasteiger partial charge is 0.423 e. The van der Waals surface area contributed by atoms with Crippen LogP contribution < -0.4 is 4.74 Å². The number of benzene rings is 3. The lowest BCUT2D eigenvalue weighted by Crippen LogP contribution is -2.10. The van der Waals surface area contributed by atoms with E-state index in [1.807, 2.05) is 37.3 Å². The van der Waals surface area contributed by atoms with Crippen molar-refractivity contribution in [3.63, 3.8) is 0 Å². The molecule has 0 bridgehead atoms. The Morgan fingerprint density at radius 3 is 2.18 bits per heavy atom. The number of nitrogens with zero attached hydrogens (tertiary/aromatic N) is 1. The zero-order valence-corrected chi connectivity index (χ0v) is 16.5. The topological polar surface area (TPSA) is 39.2 Å². The quantitative estimate of drug-likeness (QED) is 0.279. The van der Waals surface area contributed by atoms with Gasteiger partial charge < -0.3 is 4.74 Å². The number of hydrogen-bond acceptors (Lipinski definition) is 3. The van der Waals surface area contributed by atoms with Crippen LogP contribution in [0.5, 0.6) is 5.75 Å². The first-order valence-corrected chi connectivity index (χ1v) is 9.40. The molecule has 0 aliphatic carbocycles. The minimum Gasteiger partial charge on any atom is -0.423 e. The lowest BCUT2D eigenvalue weighted by atomic mass is 10.0. The van der Waals surface area contributed by atoms with Gasteiger partial charge in [0.15, 0.2) is 0 Å². The number of carbonyl (C=O) groups is 1. The molecule has 1 aromatic heterocycles. The summed E-state index contributed by atoms with van der Waals surface area (Å²) in [7, 11) is 0. The molecule has 0 amide bonds. The van der Waals surface area contributed by atoms with Crippen LogP contribution in [0.15, 0.2) is 72.8 Å². The molecule has 0 aliphatic heterocycles. The first-order chi connectivity index (χ1) is 13.5. The minimum atomic E-state index is -0.449. The van der Waals surface area contributed by atoms with E-state index in [9.17, 15) is 4.79 Å². The highest BCUT2D eigenvalue weighted by molar-refractivity contribution is 6.30. The van der Waals surface area contributed by atoms with E-state index in [1.54, 1.807) is 42.5 Å². The smallest absolute Gasteiger partial charge is 0.344 e. The van der Waals surface area contributed by atoms with Gasteiger partial charge in [0.25, 0.3) is 0 Å². The maximum absolute atomic E-state index is 13.0. The Morgan fingerprint density at radius 2 is 1.50 bits per heavy atom. The molecule has 4 rings (SSSR count). The lowest BCUT2D eigenvalue weighted by molar-refractivity contribution is 0.0737. The number of aryl methyl sites for hydroxylation is 1.